The Bertz CT molecular complexity index is 468. The maximum atomic E-state index is 12.8. The molecule has 0 fully saturated rings. The quantitative estimate of drug-likeness (QED) is 0.816. The number of carbonyl (C=O) groups excluding carboxylic acids is 1. The second kappa shape index (κ2) is 6.20. The number of alkyl halides is 3. The average molecular weight is 343 g/mol. The van der Waals surface area contributed by atoms with Crippen molar-refractivity contribution < 1.29 is 27.8 Å². The summed E-state index contributed by atoms with van der Waals surface area (Å²) in [4.78, 5) is 14.8. The summed E-state index contributed by atoms with van der Waals surface area (Å²) in [5.41, 5.74) is -1.05. The molecule has 5 nitrogen and oxygen atoms in total. The van der Waals surface area contributed by atoms with Crippen molar-refractivity contribution in [1.82, 2.24) is 4.98 Å². The zero-order chi connectivity index (χ0) is 14.6. The second-order valence-electron chi connectivity index (χ2n) is 3.45. The van der Waals surface area contributed by atoms with Crippen LogP contribution in [0.5, 0.6) is 0 Å². The van der Waals surface area contributed by atoms with Gasteiger partial charge in [0.2, 0.25) is 0 Å². The average Bonchev–Trinajstić information content (AvgIpc) is 2.35. The van der Waals surface area contributed by atoms with Gasteiger partial charge < -0.3 is 15.2 Å². The van der Waals surface area contributed by atoms with E-state index in [2.05, 4.69) is 31.0 Å². The van der Waals surface area contributed by atoms with Crippen molar-refractivity contribution in [3.8, 4) is 0 Å². The van der Waals surface area contributed by atoms with Crippen molar-refractivity contribution in [1.29, 1.82) is 0 Å². The lowest BCUT2D eigenvalue weighted by molar-refractivity contribution is -0.143. The smallest absolute Gasteiger partial charge is 0.419 e. The molecule has 1 rings (SSSR count). The minimum Gasteiger partial charge on any atom is -0.467 e. The standard InChI is InChI=1S/C10H10BrF3N2O3/c1-19-9(18)7(4-17)16-8-6(10(12,13)14)2-5(11)3-15-8/h2-3,7,17H,4H2,1H3,(H,15,16). The Morgan fingerprint density at radius 3 is 2.74 bits per heavy atom. The molecule has 0 radical (unpaired) electrons. The van der Waals surface area contributed by atoms with Crippen LogP contribution in [0, 0.1) is 0 Å². The lowest BCUT2D eigenvalue weighted by Gasteiger charge is -2.18. The van der Waals surface area contributed by atoms with E-state index in [9.17, 15) is 18.0 Å². The molecule has 1 heterocycles. The van der Waals surface area contributed by atoms with Gasteiger partial charge in [-0.15, -0.1) is 0 Å². The summed E-state index contributed by atoms with van der Waals surface area (Å²) in [6.45, 7) is -0.721. The van der Waals surface area contributed by atoms with Crippen LogP contribution in [0.25, 0.3) is 0 Å². The first-order valence-electron chi connectivity index (χ1n) is 4.97. The van der Waals surface area contributed by atoms with E-state index >= 15 is 0 Å². The normalized spacial score (nSPS) is 12.9. The Balaban J connectivity index is 3.10. The van der Waals surface area contributed by atoms with E-state index in [0.29, 0.717) is 0 Å². The zero-order valence-corrected chi connectivity index (χ0v) is 11.2. The first-order chi connectivity index (χ1) is 8.79. The minimum atomic E-state index is -4.64. The molecule has 1 aromatic heterocycles. The van der Waals surface area contributed by atoms with E-state index in [1.165, 1.54) is 0 Å². The van der Waals surface area contributed by atoms with Gasteiger partial charge in [0.1, 0.15) is 11.9 Å². The van der Waals surface area contributed by atoms with E-state index in [-0.39, 0.29) is 4.47 Å². The summed E-state index contributed by atoms with van der Waals surface area (Å²) in [7, 11) is 1.06. The third-order valence-corrected chi connectivity index (χ3v) is 2.57. The Hall–Kier alpha value is -1.35. The summed E-state index contributed by atoms with van der Waals surface area (Å²) in [6.07, 6.45) is -3.50. The van der Waals surface area contributed by atoms with Crippen LogP contribution in [0.2, 0.25) is 0 Å². The van der Waals surface area contributed by atoms with Crippen LogP contribution in [0.3, 0.4) is 0 Å². The fraction of sp³-hybridized carbons (Fsp3) is 0.400. The summed E-state index contributed by atoms with van der Waals surface area (Å²) < 4.78 is 42.8. The molecule has 0 aromatic carbocycles. The fourth-order valence-electron chi connectivity index (χ4n) is 1.26. The topological polar surface area (TPSA) is 71.5 Å². The minimum absolute atomic E-state index is 0.143. The number of ether oxygens (including phenoxy) is 1. The molecule has 9 heteroatoms. The summed E-state index contributed by atoms with van der Waals surface area (Å²) in [5, 5.41) is 11.2. The lowest BCUT2D eigenvalue weighted by Crippen LogP contribution is -2.35. The Morgan fingerprint density at radius 2 is 2.26 bits per heavy atom. The van der Waals surface area contributed by atoms with Gasteiger partial charge in [0.15, 0.2) is 0 Å². The largest absolute Gasteiger partial charge is 0.467 e. The number of hydrogen-bond acceptors (Lipinski definition) is 5. The predicted molar refractivity (Wildman–Crippen MR) is 63.5 cm³/mol. The number of rotatable bonds is 4. The molecule has 1 aromatic rings. The molecule has 0 saturated heterocycles. The molecule has 0 saturated carbocycles. The predicted octanol–water partition coefficient (Wildman–Crippen LogP) is 1.81. The molecule has 1 unspecified atom stereocenters. The first kappa shape index (κ1) is 15.7. The maximum absolute atomic E-state index is 12.8. The Labute approximate surface area is 114 Å². The Morgan fingerprint density at radius 1 is 1.63 bits per heavy atom. The molecule has 106 valence electrons. The van der Waals surface area contributed by atoms with Crippen LogP contribution in [-0.4, -0.2) is 35.8 Å². The van der Waals surface area contributed by atoms with Gasteiger partial charge in [0.05, 0.1) is 19.3 Å². The van der Waals surface area contributed by atoms with E-state index in [1.54, 1.807) is 0 Å². The number of halogens is 4. The van der Waals surface area contributed by atoms with Gasteiger partial charge in [-0.2, -0.15) is 13.2 Å². The number of esters is 1. The molecular formula is C10H10BrF3N2O3. The van der Waals surface area contributed by atoms with Crippen molar-refractivity contribution in [2.45, 2.75) is 12.2 Å². The van der Waals surface area contributed by atoms with Crippen molar-refractivity contribution >= 4 is 27.7 Å². The molecule has 1 atom stereocenters. The first-order valence-corrected chi connectivity index (χ1v) is 5.77. The number of aromatic nitrogens is 1. The van der Waals surface area contributed by atoms with Gasteiger partial charge in [0.25, 0.3) is 0 Å². The molecule has 0 aliphatic heterocycles. The van der Waals surface area contributed by atoms with E-state index < -0.39 is 36.2 Å². The summed E-state index contributed by atoms with van der Waals surface area (Å²) >= 11 is 2.88. The zero-order valence-electron chi connectivity index (χ0n) is 9.66. The van der Waals surface area contributed by atoms with Gasteiger partial charge in [-0.1, -0.05) is 0 Å². The summed E-state index contributed by atoms with van der Waals surface area (Å²) in [6, 6.07) is -0.499. The molecule has 0 amide bonds. The number of carbonyl (C=O) groups is 1. The van der Waals surface area contributed by atoms with Gasteiger partial charge >= 0.3 is 12.1 Å². The highest BCUT2D eigenvalue weighted by Crippen LogP contribution is 2.35. The van der Waals surface area contributed by atoms with Crippen LogP contribution in [0.15, 0.2) is 16.7 Å². The SMILES string of the molecule is COC(=O)C(CO)Nc1ncc(Br)cc1C(F)(F)F. The maximum Gasteiger partial charge on any atom is 0.419 e. The van der Waals surface area contributed by atoms with Gasteiger partial charge in [-0.25, -0.2) is 9.78 Å². The van der Waals surface area contributed by atoms with Gasteiger partial charge in [0, 0.05) is 10.7 Å². The van der Waals surface area contributed by atoms with E-state index in [1.807, 2.05) is 0 Å². The highest BCUT2D eigenvalue weighted by molar-refractivity contribution is 9.10. The number of anilines is 1. The van der Waals surface area contributed by atoms with Crippen LogP contribution < -0.4 is 5.32 Å². The van der Waals surface area contributed by atoms with Crippen molar-refractivity contribution in [2.24, 2.45) is 0 Å². The van der Waals surface area contributed by atoms with Crippen LogP contribution in [0.4, 0.5) is 19.0 Å². The van der Waals surface area contributed by atoms with E-state index in [0.717, 1.165) is 19.4 Å². The number of aliphatic hydroxyl groups is 1. The Kier molecular flexibility index (Phi) is 5.12. The monoisotopic (exact) mass is 342 g/mol. The van der Waals surface area contributed by atoms with Crippen molar-refractivity contribution in [3.05, 3.63) is 22.3 Å². The molecule has 0 aliphatic carbocycles. The second-order valence-corrected chi connectivity index (χ2v) is 4.37. The van der Waals surface area contributed by atoms with Crippen molar-refractivity contribution in [2.75, 3.05) is 19.0 Å². The van der Waals surface area contributed by atoms with Crippen LogP contribution >= 0.6 is 15.9 Å². The molecule has 0 bridgehead atoms. The number of aliphatic hydroxyl groups excluding tert-OH is 1. The highest BCUT2D eigenvalue weighted by Gasteiger charge is 2.35. The van der Waals surface area contributed by atoms with E-state index in [4.69, 9.17) is 5.11 Å². The molecule has 19 heavy (non-hydrogen) atoms. The fourth-order valence-corrected chi connectivity index (χ4v) is 1.59. The van der Waals surface area contributed by atoms with Crippen molar-refractivity contribution in [3.63, 3.8) is 0 Å². The number of hydrogen-bond donors (Lipinski definition) is 2. The number of nitrogens with zero attached hydrogens (tertiary/aromatic N) is 1. The highest BCUT2D eigenvalue weighted by atomic mass is 79.9. The summed E-state index contributed by atoms with van der Waals surface area (Å²) in [5.74, 6) is -1.44. The third-order valence-electron chi connectivity index (χ3n) is 2.14. The number of pyridine rings is 1. The third kappa shape index (κ3) is 4.06. The lowest BCUT2D eigenvalue weighted by atomic mass is 10.2. The van der Waals surface area contributed by atoms with Crippen LogP contribution in [0.1, 0.15) is 5.56 Å². The molecular weight excluding hydrogens is 333 g/mol. The molecule has 0 spiro atoms. The van der Waals surface area contributed by atoms with Gasteiger partial charge in [-0.3, -0.25) is 0 Å². The molecule has 2 N–H and O–H groups in total. The van der Waals surface area contributed by atoms with Crippen LogP contribution in [-0.2, 0) is 15.7 Å². The van der Waals surface area contributed by atoms with Gasteiger partial charge in [-0.05, 0) is 22.0 Å². The molecule has 0 aliphatic rings. The number of nitrogens with one attached hydrogen (secondary N) is 1. The number of methoxy groups -OCH3 is 1.